The van der Waals surface area contributed by atoms with E-state index in [1.165, 1.54) is 6.42 Å². The van der Waals surface area contributed by atoms with Crippen LogP contribution in [-0.2, 0) is 16.6 Å². The van der Waals surface area contributed by atoms with E-state index < -0.39 is 10.0 Å². The molecule has 1 atom stereocenters. The molecule has 1 unspecified atom stereocenters. The highest BCUT2D eigenvalue weighted by Crippen LogP contribution is 2.20. The predicted molar refractivity (Wildman–Crippen MR) is 81.7 cm³/mol. The normalized spacial score (nSPS) is 20.8. The molecule has 1 aromatic rings. The highest BCUT2D eigenvalue weighted by atomic mass is 32.2. The summed E-state index contributed by atoms with van der Waals surface area (Å²) in [7, 11) is 0.333. The van der Waals surface area contributed by atoms with Crippen LogP contribution in [-0.4, -0.2) is 46.5 Å². The lowest BCUT2D eigenvalue weighted by atomic mass is 10.0. The van der Waals surface area contributed by atoms with Gasteiger partial charge in [-0.3, -0.25) is 0 Å². The Kier molecular flexibility index (Phi) is 5.43. The minimum Gasteiger partial charge on any atom is -0.464 e. The van der Waals surface area contributed by atoms with Crippen LogP contribution in [0.1, 0.15) is 30.8 Å². The van der Waals surface area contributed by atoms with Gasteiger partial charge in [-0.05, 0) is 40.4 Å². The summed E-state index contributed by atoms with van der Waals surface area (Å²) in [5.74, 6) is 1.06. The van der Waals surface area contributed by atoms with Crippen LogP contribution in [0.3, 0.4) is 0 Å². The lowest BCUT2D eigenvalue weighted by molar-refractivity contribution is 0.187. The fourth-order valence-electron chi connectivity index (χ4n) is 2.74. The molecule has 2 N–H and O–H groups in total. The summed E-state index contributed by atoms with van der Waals surface area (Å²) >= 11 is 0. The second-order valence-electron chi connectivity index (χ2n) is 5.65. The van der Waals surface area contributed by atoms with Crippen molar-refractivity contribution >= 4 is 10.0 Å². The molecule has 120 valence electrons. The molecule has 0 aliphatic carbocycles. The van der Waals surface area contributed by atoms with Crippen LogP contribution in [0, 0.1) is 6.92 Å². The molecule has 2 rings (SSSR count). The molecule has 1 fully saturated rings. The van der Waals surface area contributed by atoms with E-state index in [0.717, 1.165) is 19.4 Å². The van der Waals surface area contributed by atoms with E-state index in [0.29, 0.717) is 24.6 Å². The number of furan rings is 1. The lowest BCUT2D eigenvalue weighted by Gasteiger charge is -2.32. The van der Waals surface area contributed by atoms with Gasteiger partial charge in [0.15, 0.2) is 0 Å². The van der Waals surface area contributed by atoms with E-state index in [1.54, 1.807) is 20.0 Å². The molecule has 0 aromatic carbocycles. The van der Waals surface area contributed by atoms with Crippen LogP contribution in [0.15, 0.2) is 15.4 Å². The first-order valence-corrected chi connectivity index (χ1v) is 8.86. The Balaban J connectivity index is 2.04. The first-order valence-electron chi connectivity index (χ1n) is 7.38. The maximum Gasteiger partial charge on any atom is 0.244 e. The van der Waals surface area contributed by atoms with E-state index in [9.17, 15) is 8.42 Å². The lowest BCUT2D eigenvalue weighted by Crippen LogP contribution is -2.44. The van der Waals surface area contributed by atoms with E-state index in [2.05, 4.69) is 14.9 Å². The Morgan fingerprint density at radius 2 is 2.19 bits per heavy atom. The molecule has 21 heavy (non-hydrogen) atoms. The summed E-state index contributed by atoms with van der Waals surface area (Å²) in [6.07, 6.45) is 3.39. The van der Waals surface area contributed by atoms with Crippen molar-refractivity contribution in [2.45, 2.75) is 43.7 Å². The summed E-state index contributed by atoms with van der Waals surface area (Å²) in [5, 5.41) is 2.95. The molecule has 7 heteroatoms. The molecular formula is C14H25N3O3S. The molecule has 1 aromatic heterocycles. The fraction of sp³-hybridized carbons (Fsp3) is 0.714. The maximum absolute atomic E-state index is 12.4. The van der Waals surface area contributed by atoms with Gasteiger partial charge in [0.1, 0.15) is 16.4 Å². The van der Waals surface area contributed by atoms with Gasteiger partial charge in [-0.2, -0.15) is 0 Å². The van der Waals surface area contributed by atoms with Gasteiger partial charge < -0.3 is 14.6 Å². The van der Waals surface area contributed by atoms with Gasteiger partial charge >= 0.3 is 0 Å². The Morgan fingerprint density at radius 1 is 1.43 bits per heavy atom. The molecule has 0 amide bonds. The van der Waals surface area contributed by atoms with Gasteiger partial charge in [0.05, 0.1) is 6.54 Å². The van der Waals surface area contributed by atoms with E-state index >= 15 is 0 Å². The van der Waals surface area contributed by atoms with Crippen molar-refractivity contribution in [1.29, 1.82) is 0 Å². The van der Waals surface area contributed by atoms with Crippen LogP contribution >= 0.6 is 0 Å². The van der Waals surface area contributed by atoms with Crippen molar-refractivity contribution in [2.75, 3.05) is 27.2 Å². The average Bonchev–Trinajstić information content (AvgIpc) is 2.80. The molecule has 1 saturated heterocycles. The summed E-state index contributed by atoms with van der Waals surface area (Å²) < 4.78 is 33.0. The Labute approximate surface area is 126 Å². The zero-order valence-electron chi connectivity index (χ0n) is 13.0. The topological polar surface area (TPSA) is 74.6 Å². The van der Waals surface area contributed by atoms with Crippen LogP contribution in [0.5, 0.6) is 0 Å². The number of rotatable bonds is 6. The smallest absolute Gasteiger partial charge is 0.244 e. The van der Waals surface area contributed by atoms with E-state index in [1.807, 2.05) is 7.05 Å². The van der Waals surface area contributed by atoms with Crippen LogP contribution in [0.25, 0.3) is 0 Å². The predicted octanol–water partition coefficient (Wildman–Crippen LogP) is 1.07. The monoisotopic (exact) mass is 315 g/mol. The van der Waals surface area contributed by atoms with Gasteiger partial charge in [-0.25, -0.2) is 13.1 Å². The van der Waals surface area contributed by atoms with Crippen LogP contribution in [0.2, 0.25) is 0 Å². The van der Waals surface area contributed by atoms with Crippen molar-refractivity contribution in [3.63, 3.8) is 0 Å². The highest BCUT2D eigenvalue weighted by molar-refractivity contribution is 7.89. The van der Waals surface area contributed by atoms with Gasteiger partial charge in [0, 0.05) is 18.7 Å². The van der Waals surface area contributed by atoms with Gasteiger partial charge in [0.25, 0.3) is 0 Å². The first kappa shape index (κ1) is 16.5. The SMILES string of the molecule is CNCc1cc(S(=O)(=O)NCC2CCCCN2C)c(C)o1. The summed E-state index contributed by atoms with van der Waals surface area (Å²) in [6.45, 7) is 3.68. The Bertz CT molecular complexity index is 568. The summed E-state index contributed by atoms with van der Waals surface area (Å²) in [5.41, 5.74) is 0. The number of hydrogen-bond acceptors (Lipinski definition) is 5. The minimum absolute atomic E-state index is 0.242. The van der Waals surface area contributed by atoms with Crippen molar-refractivity contribution < 1.29 is 12.8 Å². The summed E-state index contributed by atoms with van der Waals surface area (Å²) in [6, 6.07) is 1.87. The molecule has 2 heterocycles. The zero-order chi connectivity index (χ0) is 15.5. The standard InChI is InChI=1S/C14H25N3O3S/c1-11-14(8-13(20-11)10-15-2)21(18,19)16-9-12-6-4-5-7-17(12)3/h8,12,15-16H,4-7,9-10H2,1-3H3. The molecule has 0 saturated carbocycles. The van der Waals surface area contributed by atoms with Gasteiger partial charge in [-0.15, -0.1) is 0 Å². The molecule has 6 nitrogen and oxygen atoms in total. The summed E-state index contributed by atoms with van der Waals surface area (Å²) in [4.78, 5) is 2.46. The van der Waals surface area contributed by atoms with Crippen molar-refractivity contribution in [1.82, 2.24) is 14.9 Å². The Hall–Kier alpha value is -0.890. The first-order chi connectivity index (χ1) is 9.94. The molecule has 0 spiro atoms. The number of hydrogen-bond donors (Lipinski definition) is 2. The van der Waals surface area contributed by atoms with Crippen molar-refractivity contribution in [3.05, 3.63) is 17.6 Å². The molecule has 1 aliphatic heterocycles. The quantitative estimate of drug-likeness (QED) is 0.821. The molecular weight excluding hydrogens is 290 g/mol. The Morgan fingerprint density at radius 3 is 2.86 bits per heavy atom. The number of likely N-dealkylation sites (N-methyl/N-ethyl adjacent to an activating group) is 1. The van der Waals surface area contributed by atoms with Gasteiger partial charge in [0.2, 0.25) is 10.0 Å². The number of nitrogens with one attached hydrogen (secondary N) is 2. The van der Waals surface area contributed by atoms with Gasteiger partial charge in [-0.1, -0.05) is 6.42 Å². The third-order valence-corrected chi connectivity index (χ3v) is 5.53. The average molecular weight is 315 g/mol. The highest BCUT2D eigenvalue weighted by Gasteiger charge is 2.25. The second kappa shape index (κ2) is 6.91. The van der Waals surface area contributed by atoms with Crippen LogP contribution in [0.4, 0.5) is 0 Å². The molecule has 0 radical (unpaired) electrons. The van der Waals surface area contributed by atoms with E-state index in [-0.39, 0.29) is 10.9 Å². The molecule has 1 aliphatic rings. The third kappa shape index (κ3) is 4.06. The zero-order valence-corrected chi connectivity index (χ0v) is 13.8. The van der Waals surface area contributed by atoms with Crippen molar-refractivity contribution in [2.24, 2.45) is 0 Å². The number of likely N-dealkylation sites (tertiary alicyclic amines) is 1. The number of nitrogens with zero attached hydrogens (tertiary/aromatic N) is 1. The third-order valence-electron chi connectivity index (χ3n) is 3.99. The number of aryl methyl sites for hydroxylation is 1. The fourth-order valence-corrected chi connectivity index (χ4v) is 4.01. The van der Waals surface area contributed by atoms with Crippen LogP contribution < -0.4 is 10.0 Å². The minimum atomic E-state index is -3.51. The maximum atomic E-state index is 12.4. The number of piperidine rings is 1. The number of sulfonamides is 1. The van der Waals surface area contributed by atoms with Crippen molar-refractivity contribution in [3.8, 4) is 0 Å². The molecule has 0 bridgehead atoms. The largest absolute Gasteiger partial charge is 0.464 e. The van der Waals surface area contributed by atoms with E-state index in [4.69, 9.17) is 4.42 Å². The second-order valence-corrected chi connectivity index (χ2v) is 7.38.